The summed E-state index contributed by atoms with van der Waals surface area (Å²) in [7, 11) is 1.58. The van der Waals surface area contributed by atoms with E-state index in [1.165, 1.54) is 6.07 Å². The topological polar surface area (TPSA) is 84.4 Å². The lowest BCUT2D eigenvalue weighted by Gasteiger charge is -2.13. The number of benzene rings is 1. The van der Waals surface area contributed by atoms with Gasteiger partial charge in [0.25, 0.3) is 0 Å². The van der Waals surface area contributed by atoms with E-state index >= 15 is 0 Å². The van der Waals surface area contributed by atoms with Crippen LogP contribution in [-0.4, -0.2) is 34.5 Å². The highest BCUT2D eigenvalue weighted by atomic mass is 16.5. The van der Waals surface area contributed by atoms with Crippen LogP contribution in [0.4, 0.5) is 0 Å². The molecule has 20 heavy (non-hydrogen) atoms. The zero-order valence-electron chi connectivity index (χ0n) is 10.9. The van der Waals surface area contributed by atoms with Gasteiger partial charge in [0.1, 0.15) is 5.69 Å². The predicted octanol–water partition coefficient (Wildman–Crippen LogP) is 2.32. The van der Waals surface area contributed by atoms with Crippen molar-refractivity contribution in [3.63, 3.8) is 0 Å². The Balaban J connectivity index is 2.03. The number of aromatic nitrogens is 2. The molecule has 2 N–H and O–H groups in total. The molecule has 1 heterocycles. The molecule has 3 rings (SSSR count). The van der Waals surface area contributed by atoms with Crippen LogP contribution in [-0.2, 0) is 0 Å². The summed E-state index contributed by atoms with van der Waals surface area (Å²) in [6.07, 6.45) is 2.26. The third-order valence-electron chi connectivity index (χ3n) is 3.09. The second-order valence-electron chi connectivity index (χ2n) is 4.63. The van der Waals surface area contributed by atoms with E-state index in [1.54, 1.807) is 7.11 Å². The summed E-state index contributed by atoms with van der Waals surface area (Å²) in [5, 5.41) is 15.5. The van der Waals surface area contributed by atoms with Gasteiger partial charge in [-0.25, -0.2) is 4.79 Å². The van der Waals surface area contributed by atoms with E-state index in [9.17, 15) is 4.79 Å². The Morgan fingerprint density at radius 3 is 2.85 bits per heavy atom. The molecular formula is C14H14N2O4. The highest BCUT2D eigenvalue weighted by Crippen LogP contribution is 2.40. The number of aromatic amines is 1. The van der Waals surface area contributed by atoms with Crippen molar-refractivity contribution in [3.05, 3.63) is 30.0 Å². The number of para-hydroxylation sites is 1. The monoisotopic (exact) mass is 274 g/mol. The molecule has 1 aromatic heterocycles. The molecule has 6 heteroatoms. The first-order chi connectivity index (χ1) is 9.69. The summed E-state index contributed by atoms with van der Waals surface area (Å²) in [5.41, 5.74) is 1.29. The van der Waals surface area contributed by atoms with E-state index in [1.807, 2.05) is 18.2 Å². The van der Waals surface area contributed by atoms with Gasteiger partial charge in [0, 0.05) is 5.56 Å². The summed E-state index contributed by atoms with van der Waals surface area (Å²) < 4.78 is 11.2. The van der Waals surface area contributed by atoms with E-state index in [0.29, 0.717) is 17.2 Å². The lowest BCUT2D eigenvalue weighted by atomic mass is 10.1. The van der Waals surface area contributed by atoms with Crippen molar-refractivity contribution < 1.29 is 19.4 Å². The number of methoxy groups -OCH3 is 1. The van der Waals surface area contributed by atoms with Gasteiger partial charge in [-0.3, -0.25) is 5.10 Å². The normalized spacial score (nSPS) is 14.1. The highest BCUT2D eigenvalue weighted by molar-refractivity contribution is 5.87. The van der Waals surface area contributed by atoms with Crippen LogP contribution in [0.1, 0.15) is 23.3 Å². The lowest BCUT2D eigenvalue weighted by Crippen LogP contribution is -2.00. The van der Waals surface area contributed by atoms with Gasteiger partial charge in [0.2, 0.25) is 0 Å². The molecule has 6 nitrogen and oxygen atoms in total. The van der Waals surface area contributed by atoms with Crippen molar-refractivity contribution >= 4 is 5.97 Å². The maximum Gasteiger partial charge on any atom is 0.353 e. The average Bonchev–Trinajstić information content (AvgIpc) is 3.12. The molecule has 104 valence electrons. The lowest BCUT2D eigenvalue weighted by molar-refractivity contribution is 0.0690. The van der Waals surface area contributed by atoms with Gasteiger partial charge in [-0.15, -0.1) is 0 Å². The molecule has 0 bridgehead atoms. The summed E-state index contributed by atoms with van der Waals surface area (Å²) in [6.45, 7) is 0. The van der Waals surface area contributed by atoms with Crippen molar-refractivity contribution in [3.8, 4) is 22.8 Å². The Labute approximate surface area is 115 Å². The van der Waals surface area contributed by atoms with Crippen molar-refractivity contribution in [2.45, 2.75) is 18.9 Å². The van der Waals surface area contributed by atoms with Gasteiger partial charge >= 0.3 is 5.97 Å². The van der Waals surface area contributed by atoms with Crippen LogP contribution in [0.2, 0.25) is 0 Å². The summed E-state index contributed by atoms with van der Waals surface area (Å²) in [4.78, 5) is 10.9. The van der Waals surface area contributed by atoms with Gasteiger partial charge in [0.15, 0.2) is 11.5 Å². The van der Waals surface area contributed by atoms with Crippen LogP contribution in [0.5, 0.6) is 11.5 Å². The van der Waals surface area contributed by atoms with Crippen LogP contribution >= 0.6 is 0 Å². The summed E-state index contributed by atoms with van der Waals surface area (Å²) >= 11 is 0. The highest BCUT2D eigenvalue weighted by Gasteiger charge is 2.27. The SMILES string of the molecule is COc1cccc(-c2cc(C(=O)O)[nH]n2)c1OC1CC1. The van der Waals surface area contributed by atoms with Crippen LogP contribution in [0.3, 0.4) is 0 Å². The standard InChI is InChI=1S/C14H14N2O4/c1-19-12-4-2-3-9(13(12)20-8-5-6-8)10-7-11(14(17)18)16-15-10/h2-4,7-8H,5-6H2,1H3,(H,15,16)(H,17,18). The van der Waals surface area contributed by atoms with Gasteiger partial charge in [0.05, 0.1) is 18.9 Å². The van der Waals surface area contributed by atoms with Crippen LogP contribution in [0.25, 0.3) is 11.3 Å². The number of aromatic carboxylic acids is 1. The molecule has 0 radical (unpaired) electrons. The predicted molar refractivity (Wildman–Crippen MR) is 71.2 cm³/mol. The number of carboxylic acids is 1. The van der Waals surface area contributed by atoms with E-state index in [4.69, 9.17) is 14.6 Å². The number of hydrogen-bond acceptors (Lipinski definition) is 4. The third kappa shape index (κ3) is 2.32. The molecule has 0 amide bonds. The smallest absolute Gasteiger partial charge is 0.353 e. The molecule has 0 aliphatic heterocycles. The minimum Gasteiger partial charge on any atom is -0.493 e. The van der Waals surface area contributed by atoms with E-state index < -0.39 is 5.97 Å². The van der Waals surface area contributed by atoms with Crippen molar-refractivity contribution in [1.29, 1.82) is 0 Å². The molecule has 1 saturated carbocycles. The van der Waals surface area contributed by atoms with E-state index in [2.05, 4.69) is 10.2 Å². The van der Waals surface area contributed by atoms with Gasteiger partial charge in [-0.2, -0.15) is 5.10 Å². The molecule has 1 aliphatic rings. The van der Waals surface area contributed by atoms with Gasteiger partial charge in [-0.05, 0) is 31.0 Å². The zero-order chi connectivity index (χ0) is 14.1. The van der Waals surface area contributed by atoms with Crippen LogP contribution in [0.15, 0.2) is 24.3 Å². The molecule has 0 atom stereocenters. The summed E-state index contributed by atoms with van der Waals surface area (Å²) in [6, 6.07) is 6.95. The number of carbonyl (C=O) groups is 1. The quantitative estimate of drug-likeness (QED) is 0.874. The van der Waals surface area contributed by atoms with E-state index in [-0.39, 0.29) is 11.8 Å². The fourth-order valence-corrected chi connectivity index (χ4v) is 1.92. The number of ether oxygens (including phenoxy) is 2. The molecule has 0 saturated heterocycles. The first kappa shape index (κ1) is 12.5. The number of hydrogen-bond donors (Lipinski definition) is 2. The fraction of sp³-hybridized carbons (Fsp3) is 0.286. The zero-order valence-corrected chi connectivity index (χ0v) is 10.9. The third-order valence-corrected chi connectivity index (χ3v) is 3.09. The molecule has 0 unspecified atom stereocenters. The molecule has 2 aromatic rings. The van der Waals surface area contributed by atoms with Crippen molar-refractivity contribution in [2.24, 2.45) is 0 Å². The Morgan fingerprint density at radius 2 is 2.25 bits per heavy atom. The molecule has 1 aromatic carbocycles. The van der Waals surface area contributed by atoms with Crippen molar-refractivity contribution in [2.75, 3.05) is 7.11 Å². The molecule has 0 spiro atoms. The maximum absolute atomic E-state index is 10.9. The van der Waals surface area contributed by atoms with Crippen LogP contribution < -0.4 is 9.47 Å². The minimum absolute atomic E-state index is 0.0418. The van der Waals surface area contributed by atoms with Crippen LogP contribution in [0, 0.1) is 0 Å². The van der Waals surface area contributed by atoms with Gasteiger partial charge < -0.3 is 14.6 Å². The Morgan fingerprint density at radius 1 is 1.45 bits per heavy atom. The second kappa shape index (κ2) is 4.88. The minimum atomic E-state index is -1.05. The second-order valence-corrected chi connectivity index (χ2v) is 4.63. The molecule has 1 fully saturated rings. The van der Waals surface area contributed by atoms with Gasteiger partial charge in [-0.1, -0.05) is 6.07 Å². The van der Waals surface area contributed by atoms with E-state index in [0.717, 1.165) is 18.4 Å². The number of H-pyrrole nitrogens is 1. The first-order valence-electron chi connectivity index (χ1n) is 6.32. The number of nitrogens with one attached hydrogen (secondary N) is 1. The molecular weight excluding hydrogens is 260 g/mol. The molecule has 1 aliphatic carbocycles. The Kier molecular flexibility index (Phi) is 3.06. The number of rotatable bonds is 5. The number of carboxylic acid groups (broad SMARTS) is 1. The first-order valence-corrected chi connectivity index (χ1v) is 6.32. The maximum atomic E-state index is 10.9. The summed E-state index contributed by atoms with van der Waals surface area (Å²) in [5.74, 6) is 0.187. The fourth-order valence-electron chi connectivity index (χ4n) is 1.92. The largest absolute Gasteiger partial charge is 0.493 e. The van der Waals surface area contributed by atoms with Crippen molar-refractivity contribution in [1.82, 2.24) is 10.2 Å². The number of nitrogens with zero attached hydrogens (tertiary/aromatic N) is 1. The Hall–Kier alpha value is -2.50. The average molecular weight is 274 g/mol. The Bertz CT molecular complexity index is 646.